The monoisotopic (exact) mass is 381 g/mol. The molecule has 88 valence electrons. The summed E-state index contributed by atoms with van der Waals surface area (Å²) >= 11 is 11.0. The zero-order chi connectivity index (χ0) is 12.4. The van der Waals surface area contributed by atoms with Crippen molar-refractivity contribution < 1.29 is 30.0 Å². The van der Waals surface area contributed by atoms with E-state index in [2.05, 4.69) is 13.2 Å². The Kier molecular flexibility index (Phi) is 4.01. The van der Waals surface area contributed by atoms with Crippen LogP contribution in [-0.4, -0.2) is 0 Å². The fourth-order valence-electron chi connectivity index (χ4n) is 1.11. The molecule has 0 aliphatic rings. The Hall–Kier alpha value is -0.650. The summed E-state index contributed by atoms with van der Waals surface area (Å²) in [5.41, 5.74) is 0. The first-order chi connectivity index (χ1) is 8.06. The maximum Gasteiger partial charge on any atom is 0.443 e. The van der Waals surface area contributed by atoms with E-state index in [0.717, 1.165) is 7.53 Å². The van der Waals surface area contributed by atoms with Crippen LogP contribution in [0.2, 0.25) is 0 Å². The molecule has 2 rings (SSSR count). The van der Waals surface area contributed by atoms with Crippen molar-refractivity contribution in [2.24, 2.45) is 0 Å². The van der Waals surface area contributed by atoms with Crippen LogP contribution >= 0.6 is 23.2 Å². The lowest BCUT2D eigenvalue weighted by Crippen LogP contribution is -3.61. The van der Waals surface area contributed by atoms with Gasteiger partial charge in [-0.25, -0.2) is 0 Å². The zero-order valence-corrected chi connectivity index (χ0v) is 12.3. The van der Waals surface area contributed by atoms with Gasteiger partial charge in [-0.15, -0.1) is 0 Å². The van der Waals surface area contributed by atoms with Crippen molar-refractivity contribution in [2.75, 3.05) is 0 Å². The minimum Gasteiger partial charge on any atom is -0.417 e. The first-order valence-corrected chi connectivity index (χ1v) is 7.51. The Bertz CT molecular complexity index is 518. The molecule has 2 aromatic rings. The SMILES string of the molecule is C=C(Cl)c1ccc([I+]c2ccc(C(=C)Cl)o2)o1. The summed E-state index contributed by atoms with van der Waals surface area (Å²) in [5, 5.41) is 0.795. The third-order valence-electron chi connectivity index (χ3n) is 1.87. The minimum atomic E-state index is -0.514. The fourth-order valence-corrected chi connectivity index (χ4v) is 3.25. The van der Waals surface area contributed by atoms with E-state index in [0.29, 0.717) is 21.6 Å². The summed E-state index contributed by atoms with van der Waals surface area (Å²) in [5.74, 6) is 1.18. The number of furan rings is 2. The highest BCUT2D eigenvalue weighted by Crippen LogP contribution is 2.17. The Morgan fingerprint density at radius 1 is 0.882 bits per heavy atom. The van der Waals surface area contributed by atoms with E-state index < -0.39 is 21.2 Å². The maximum atomic E-state index is 5.74. The van der Waals surface area contributed by atoms with Crippen molar-refractivity contribution in [3.05, 3.63) is 56.5 Å². The molecule has 0 atom stereocenters. The molecule has 2 heterocycles. The lowest BCUT2D eigenvalue weighted by molar-refractivity contribution is -0.636. The Labute approximate surface area is 119 Å². The highest BCUT2D eigenvalue weighted by atomic mass is 127. The van der Waals surface area contributed by atoms with Gasteiger partial charge in [0, 0.05) is 12.1 Å². The lowest BCUT2D eigenvalue weighted by Gasteiger charge is -1.85. The Morgan fingerprint density at radius 3 is 1.59 bits per heavy atom. The summed E-state index contributed by atoms with van der Waals surface area (Å²) in [6.07, 6.45) is 0. The minimum absolute atomic E-state index is 0.398. The van der Waals surface area contributed by atoms with Gasteiger partial charge in [0.05, 0.1) is 10.1 Å². The molecule has 0 fully saturated rings. The van der Waals surface area contributed by atoms with E-state index in [4.69, 9.17) is 32.0 Å². The molecular formula is C12H8Cl2IO2+. The van der Waals surface area contributed by atoms with Crippen LogP contribution in [0, 0.1) is 7.53 Å². The Morgan fingerprint density at radius 2 is 1.29 bits per heavy atom. The summed E-state index contributed by atoms with van der Waals surface area (Å²) < 4.78 is 12.8. The van der Waals surface area contributed by atoms with Crippen LogP contribution in [0.4, 0.5) is 0 Å². The van der Waals surface area contributed by atoms with Gasteiger partial charge in [0.2, 0.25) is 0 Å². The summed E-state index contributed by atoms with van der Waals surface area (Å²) in [7, 11) is 0. The van der Waals surface area contributed by atoms with Gasteiger partial charge < -0.3 is 8.83 Å². The van der Waals surface area contributed by atoms with Gasteiger partial charge in [-0.1, -0.05) is 36.4 Å². The van der Waals surface area contributed by atoms with Crippen molar-refractivity contribution in [3.63, 3.8) is 0 Å². The second-order valence-electron chi connectivity index (χ2n) is 3.11. The van der Waals surface area contributed by atoms with E-state index in [1.165, 1.54) is 0 Å². The number of hydrogen-bond acceptors (Lipinski definition) is 2. The van der Waals surface area contributed by atoms with E-state index in [1.54, 1.807) is 12.1 Å². The molecule has 0 spiro atoms. The third-order valence-corrected chi connectivity index (χ3v) is 4.46. The summed E-state index contributed by atoms with van der Waals surface area (Å²) in [4.78, 5) is 0. The maximum absolute atomic E-state index is 5.74. The van der Waals surface area contributed by atoms with Crippen LogP contribution in [0.25, 0.3) is 10.1 Å². The zero-order valence-electron chi connectivity index (χ0n) is 8.67. The van der Waals surface area contributed by atoms with Crippen LogP contribution in [0.1, 0.15) is 11.5 Å². The standard InChI is InChI=1S/C12H8Cl2IO2/c1-7(13)9-3-5-11(16-9)15-12-6-4-10(17-12)8(2)14/h3-6H,1-2H2/q+1. The van der Waals surface area contributed by atoms with Crippen LogP contribution < -0.4 is 21.2 Å². The van der Waals surface area contributed by atoms with Crippen LogP contribution in [0.5, 0.6) is 0 Å². The molecule has 0 N–H and O–H groups in total. The lowest BCUT2D eigenvalue weighted by atomic mass is 10.4. The van der Waals surface area contributed by atoms with Crippen LogP contribution in [0.3, 0.4) is 0 Å². The van der Waals surface area contributed by atoms with Gasteiger partial charge in [-0.2, -0.15) is 0 Å². The molecule has 0 aliphatic heterocycles. The molecule has 2 aromatic heterocycles. The molecule has 0 unspecified atom stereocenters. The highest BCUT2D eigenvalue weighted by Gasteiger charge is 2.25. The second kappa shape index (κ2) is 5.33. The van der Waals surface area contributed by atoms with Gasteiger partial charge in [-0.3, -0.25) is 0 Å². The molecule has 0 amide bonds. The van der Waals surface area contributed by atoms with Gasteiger partial charge in [0.25, 0.3) is 0 Å². The summed E-state index contributed by atoms with van der Waals surface area (Å²) in [6.45, 7) is 7.21. The van der Waals surface area contributed by atoms with Gasteiger partial charge >= 0.3 is 28.7 Å². The molecule has 2 nitrogen and oxygen atoms in total. The van der Waals surface area contributed by atoms with Crippen molar-refractivity contribution >= 4 is 33.3 Å². The van der Waals surface area contributed by atoms with Gasteiger partial charge in [0.15, 0.2) is 0 Å². The second-order valence-corrected chi connectivity index (χ2v) is 6.69. The predicted octanol–water partition coefficient (Wildman–Crippen LogP) is 1.42. The van der Waals surface area contributed by atoms with E-state index >= 15 is 0 Å². The predicted molar refractivity (Wildman–Crippen MR) is 64.6 cm³/mol. The first kappa shape index (κ1) is 12.8. The number of rotatable bonds is 4. The molecule has 0 aromatic carbocycles. The van der Waals surface area contributed by atoms with Gasteiger partial charge in [0.1, 0.15) is 11.5 Å². The van der Waals surface area contributed by atoms with Crippen molar-refractivity contribution in [2.45, 2.75) is 0 Å². The van der Waals surface area contributed by atoms with Crippen molar-refractivity contribution in [3.8, 4) is 0 Å². The van der Waals surface area contributed by atoms with E-state index in [-0.39, 0.29) is 0 Å². The van der Waals surface area contributed by atoms with E-state index in [1.807, 2.05) is 12.1 Å². The summed E-state index contributed by atoms with van der Waals surface area (Å²) in [6, 6.07) is 7.37. The molecule has 5 heteroatoms. The largest absolute Gasteiger partial charge is 0.443 e. The topological polar surface area (TPSA) is 26.3 Å². The quantitative estimate of drug-likeness (QED) is 0.749. The molecular weight excluding hydrogens is 374 g/mol. The average Bonchev–Trinajstić information content (AvgIpc) is 2.87. The number of halogens is 3. The van der Waals surface area contributed by atoms with Crippen molar-refractivity contribution in [1.82, 2.24) is 0 Å². The first-order valence-electron chi connectivity index (χ1n) is 4.60. The Balaban J connectivity index is 2.13. The average molecular weight is 382 g/mol. The van der Waals surface area contributed by atoms with Crippen molar-refractivity contribution in [1.29, 1.82) is 0 Å². The smallest absolute Gasteiger partial charge is 0.417 e. The van der Waals surface area contributed by atoms with E-state index in [9.17, 15) is 0 Å². The third kappa shape index (κ3) is 3.18. The number of hydrogen-bond donors (Lipinski definition) is 0. The normalized spacial score (nSPS) is 10.5. The highest BCUT2D eigenvalue weighted by molar-refractivity contribution is 6.48. The molecule has 17 heavy (non-hydrogen) atoms. The van der Waals surface area contributed by atoms with Gasteiger partial charge in [-0.05, 0) is 12.1 Å². The molecule has 0 saturated heterocycles. The molecule has 0 bridgehead atoms. The van der Waals surface area contributed by atoms with Crippen LogP contribution in [-0.2, 0) is 0 Å². The van der Waals surface area contributed by atoms with Crippen LogP contribution in [0.15, 0.2) is 46.3 Å². The molecule has 0 aliphatic carbocycles. The fraction of sp³-hybridized carbons (Fsp3) is 0. The molecule has 0 saturated carbocycles. The molecule has 0 radical (unpaired) electrons.